The van der Waals surface area contributed by atoms with Crippen LogP contribution in [-0.2, 0) is 4.84 Å². The van der Waals surface area contributed by atoms with Crippen LogP contribution < -0.4 is 5.28 Å². The van der Waals surface area contributed by atoms with E-state index in [0.717, 1.165) is 6.42 Å². The number of hydroxylamine groups is 1. The van der Waals surface area contributed by atoms with Crippen LogP contribution in [0.4, 0.5) is 0 Å². The van der Waals surface area contributed by atoms with Crippen molar-refractivity contribution in [1.29, 1.82) is 0 Å². The molecule has 8 heavy (non-hydrogen) atoms. The molecule has 5 heteroatoms. The third kappa shape index (κ3) is 1.06. The van der Waals surface area contributed by atoms with Gasteiger partial charge in [-0.15, -0.1) is 0 Å². The van der Waals surface area contributed by atoms with Gasteiger partial charge in [0.05, 0.1) is 5.28 Å². The Labute approximate surface area is 46.5 Å². The van der Waals surface area contributed by atoms with E-state index in [4.69, 9.17) is 4.84 Å². The van der Waals surface area contributed by atoms with E-state index < -0.39 is 0 Å². The van der Waals surface area contributed by atoms with Gasteiger partial charge in [0.2, 0.25) is 0 Å². The Bertz CT molecular complexity index is 88.5. The van der Waals surface area contributed by atoms with Crippen molar-refractivity contribution < 1.29 is 4.84 Å². The molecule has 5 nitrogen and oxygen atoms in total. The van der Waals surface area contributed by atoms with Crippen molar-refractivity contribution in [3.63, 3.8) is 0 Å². The first-order chi connectivity index (χ1) is 3.93. The van der Waals surface area contributed by atoms with Crippen LogP contribution in [0.3, 0.4) is 0 Å². The Morgan fingerprint density at radius 1 is 1.75 bits per heavy atom. The molecule has 1 radical (unpaired) electrons. The zero-order valence-corrected chi connectivity index (χ0v) is 4.28. The fourth-order valence-electron chi connectivity index (χ4n) is 0.546. The summed E-state index contributed by atoms with van der Waals surface area (Å²) in [5, 5.41) is 16.0. The predicted molar refractivity (Wildman–Crippen MR) is 25.2 cm³/mol. The quantitative estimate of drug-likeness (QED) is 0.352. The van der Waals surface area contributed by atoms with Crippen LogP contribution in [0.2, 0.25) is 0 Å². The Morgan fingerprint density at radius 2 is 2.62 bits per heavy atom. The lowest BCUT2D eigenvalue weighted by Gasteiger charge is -1.92. The summed E-state index contributed by atoms with van der Waals surface area (Å²) in [5.74, 6) is 0. The number of hydrogen-bond donors (Lipinski definition) is 0. The first-order valence-electron chi connectivity index (χ1n) is 2.37. The van der Waals surface area contributed by atoms with E-state index in [9.17, 15) is 5.21 Å². The van der Waals surface area contributed by atoms with Gasteiger partial charge in [0.25, 0.3) is 0 Å². The second-order valence-electron chi connectivity index (χ2n) is 1.43. The first-order valence-corrected chi connectivity index (χ1v) is 2.37. The van der Waals surface area contributed by atoms with Crippen LogP contribution in [0.5, 0.6) is 0 Å². The van der Waals surface area contributed by atoms with E-state index >= 15 is 0 Å². The molecule has 1 rings (SSSR count). The molecule has 1 aliphatic heterocycles. The zero-order valence-electron chi connectivity index (χ0n) is 4.28. The van der Waals surface area contributed by atoms with Crippen molar-refractivity contribution in [2.24, 2.45) is 5.22 Å². The molecule has 1 fully saturated rings. The normalized spacial score (nSPS) is 20.8. The van der Waals surface area contributed by atoms with E-state index in [0.29, 0.717) is 13.2 Å². The van der Waals surface area contributed by atoms with E-state index in [1.807, 2.05) is 0 Å². The lowest BCUT2D eigenvalue weighted by atomic mass is 10.5. The molecule has 0 atom stereocenters. The minimum absolute atomic E-state index is 0.638. The Hall–Kier alpha value is -0.840. The van der Waals surface area contributed by atoms with Crippen LogP contribution in [0.25, 0.3) is 0 Å². The summed E-state index contributed by atoms with van der Waals surface area (Å²) < 4.78 is 0. The third-order valence-electron chi connectivity index (χ3n) is 0.870. The Kier molecular flexibility index (Phi) is 1.63. The monoisotopic (exact) mass is 116 g/mol. The largest absolute Gasteiger partial charge is 0.653 e. The second kappa shape index (κ2) is 2.46. The molecule has 1 aliphatic rings. The van der Waals surface area contributed by atoms with Gasteiger partial charge < -0.3 is 5.21 Å². The summed E-state index contributed by atoms with van der Waals surface area (Å²) in [6, 6.07) is 0. The summed E-state index contributed by atoms with van der Waals surface area (Å²) in [7, 11) is 0. The molecule has 0 amide bonds. The van der Waals surface area contributed by atoms with Crippen molar-refractivity contribution in [1.82, 2.24) is 10.4 Å². The van der Waals surface area contributed by atoms with Gasteiger partial charge in [0, 0.05) is 6.42 Å². The third-order valence-corrected chi connectivity index (χ3v) is 0.870. The van der Waals surface area contributed by atoms with Crippen LogP contribution in [0, 0.1) is 5.21 Å². The van der Waals surface area contributed by atoms with Crippen LogP contribution >= 0.6 is 0 Å². The maximum absolute atomic E-state index is 9.42. The molecule has 0 bridgehead atoms. The topological polar surface area (TPSA) is 62.0 Å². The molecule has 45 valence electrons. The Balaban J connectivity index is 2.24. The summed E-state index contributed by atoms with van der Waals surface area (Å²) in [6.45, 7) is 1.31. The maximum Gasteiger partial charge on any atom is 0.166 e. The van der Waals surface area contributed by atoms with Gasteiger partial charge in [-0.3, -0.25) is 0 Å². The molecule has 0 saturated carbocycles. The average Bonchev–Trinajstić information content (AvgIpc) is 2.19. The standard InChI is InChI=1S/C3H6N3O2/c7-5-4-6-2-1-3-8-6/h1-3H2. The van der Waals surface area contributed by atoms with Gasteiger partial charge in [0.15, 0.2) is 5.22 Å². The molecular weight excluding hydrogens is 110 g/mol. The molecule has 0 aliphatic carbocycles. The van der Waals surface area contributed by atoms with Gasteiger partial charge in [0.1, 0.15) is 13.2 Å². The van der Waals surface area contributed by atoms with E-state index in [2.05, 4.69) is 10.5 Å². The molecule has 1 saturated heterocycles. The zero-order chi connectivity index (χ0) is 5.82. The van der Waals surface area contributed by atoms with E-state index in [1.165, 1.54) is 5.17 Å². The van der Waals surface area contributed by atoms with Crippen molar-refractivity contribution in [2.75, 3.05) is 13.2 Å². The molecule has 0 aromatic rings. The second-order valence-corrected chi connectivity index (χ2v) is 1.43. The highest BCUT2D eigenvalue weighted by Crippen LogP contribution is 2.02. The molecule has 0 N–H and O–H groups in total. The fourth-order valence-corrected chi connectivity index (χ4v) is 0.546. The summed E-state index contributed by atoms with van der Waals surface area (Å²) in [6.07, 6.45) is 0.916. The van der Waals surface area contributed by atoms with Crippen molar-refractivity contribution in [3.05, 3.63) is 5.21 Å². The number of hydrogen-bond acceptors (Lipinski definition) is 4. The Morgan fingerprint density at radius 3 is 3.12 bits per heavy atom. The molecular formula is C3H6N3O2. The maximum atomic E-state index is 9.42. The number of rotatable bonds is 1. The number of nitrogens with zero attached hydrogens (tertiary/aromatic N) is 3. The van der Waals surface area contributed by atoms with Gasteiger partial charge in [-0.25, -0.2) is 0 Å². The van der Waals surface area contributed by atoms with E-state index in [1.54, 1.807) is 0 Å². The highest BCUT2D eigenvalue weighted by atomic mass is 16.7. The predicted octanol–water partition coefficient (Wildman–Crippen LogP) is -0.176. The van der Waals surface area contributed by atoms with Crippen LogP contribution in [-0.4, -0.2) is 18.3 Å². The highest BCUT2D eigenvalue weighted by Gasteiger charge is 2.16. The molecule has 0 aromatic carbocycles. The minimum Gasteiger partial charge on any atom is -0.653 e. The average molecular weight is 116 g/mol. The van der Waals surface area contributed by atoms with Crippen molar-refractivity contribution >= 4 is 0 Å². The highest BCUT2D eigenvalue weighted by molar-refractivity contribution is 4.44. The van der Waals surface area contributed by atoms with Gasteiger partial charge in [-0.2, -0.15) is 4.84 Å². The minimum atomic E-state index is 0.638. The summed E-state index contributed by atoms with van der Waals surface area (Å²) in [5.41, 5.74) is 0. The van der Waals surface area contributed by atoms with Gasteiger partial charge in [-0.05, 0) is 5.17 Å². The molecule has 1 heterocycles. The van der Waals surface area contributed by atoms with Crippen molar-refractivity contribution in [3.8, 4) is 0 Å². The molecule has 0 spiro atoms. The lowest BCUT2D eigenvalue weighted by molar-refractivity contribution is -0.117. The smallest absolute Gasteiger partial charge is 0.166 e. The SMILES string of the molecule is [O-]/[N+]=N/N1CCCO1. The van der Waals surface area contributed by atoms with Gasteiger partial charge >= 0.3 is 0 Å². The van der Waals surface area contributed by atoms with Crippen LogP contribution in [0.15, 0.2) is 5.22 Å². The summed E-state index contributed by atoms with van der Waals surface area (Å²) >= 11 is 0. The molecule has 0 aromatic heterocycles. The summed E-state index contributed by atoms with van der Waals surface area (Å²) in [4.78, 5) is 4.77. The fraction of sp³-hybridized carbons (Fsp3) is 1.00. The lowest BCUT2D eigenvalue weighted by Crippen LogP contribution is -2.09. The van der Waals surface area contributed by atoms with Crippen LogP contribution in [0.1, 0.15) is 6.42 Å². The van der Waals surface area contributed by atoms with Crippen molar-refractivity contribution in [2.45, 2.75) is 6.42 Å². The first kappa shape index (κ1) is 5.30. The molecule has 0 unspecified atom stereocenters. The van der Waals surface area contributed by atoms with E-state index in [-0.39, 0.29) is 0 Å². The van der Waals surface area contributed by atoms with Gasteiger partial charge in [-0.1, -0.05) is 0 Å².